The maximum atomic E-state index is 11.0. The van der Waals surface area contributed by atoms with Gasteiger partial charge in [-0.25, -0.2) is 0 Å². The Bertz CT molecular complexity index is 798. The van der Waals surface area contributed by atoms with E-state index in [9.17, 15) is 10.1 Å². The molecule has 0 radical (unpaired) electrons. The van der Waals surface area contributed by atoms with E-state index in [4.69, 9.17) is 28.9 Å². The Morgan fingerprint density at radius 1 is 1.25 bits per heavy atom. The van der Waals surface area contributed by atoms with E-state index in [1.165, 1.54) is 30.1 Å². The zero-order valence-electron chi connectivity index (χ0n) is 12.2. The summed E-state index contributed by atoms with van der Waals surface area (Å²) in [6.07, 6.45) is 1.17. The van der Waals surface area contributed by atoms with Crippen LogP contribution in [-0.4, -0.2) is 16.3 Å². The first kappa shape index (κ1) is 18.3. The van der Waals surface area contributed by atoms with Gasteiger partial charge in [0.05, 0.1) is 26.7 Å². The van der Waals surface area contributed by atoms with Gasteiger partial charge in [-0.15, -0.1) is 5.10 Å². The highest BCUT2D eigenvalue weighted by Gasteiger charge is 2.17. The van der Waals surface area contributed by atoms with Crippen LogP contribution in [-0.2, 0) is 5.75 Å². The molecule has 0 heterocycles. The zero-order chi connectivity index (χ0) is 17.5. The Morgan fingerprint density at radius 2 is 1.96 bits per heavy atom. The minimum absolute atomic E-state index is 0.0420. The van der Waals surface area contributed by atoms with Crippen molar-refractivity contribution in [3.63, 3.8) is 0 Å². The predicted molar refractivity (Wildman–Crippen MR) is 100 cm³/mol. The maximum Gasteiger partial charge on any atom is 0.279 e. The second kappa shape index (κ2) is 8.68. The molecule has 0 unspecified atom stereocenters. The molecule has 24 heavy (non-hydrogen) atoms. The van der Waals surface area contributed by atoms with E-state index in [2.05, 4.69) is 10.2 Å². The molecular weight excluding hydrogens is 371 g/mol. The van der Waals surface area contributed by atoms with Crippen LogP contribution in [0.4, 0.5) is 5.69 Å². The van der Waals surface area contributed by atoms with Crippen molar-refractivity contribution in [2.45, 2.75) is 5.75 Å². The van der Waals surface area contributed by atoms with Gasteiger partial charge in [0.25, 0.3) is 5.69 Å². The third-order valence-corrected chi connectivity index (χ3v) is 4.55. The Labute approximate surface area is 152 Å². The van der Waals surface area contributed by atoms with Gasteiger partial charge in [0.1, 0.15) is 0 Å². The lowest BCUT2D eigenvalue weighted by atomic mass is 10.2. The lowest BCUT2D eigenvalue weighted by molar-refractivity contribution is -0.385. The van der Waals surface area contributed by atoms with Crippen LogP contribution < -0.4 is 5.73 Å². The first-order chi connectivity index (χ1) is 11.5. The van der Waals surface area contributed by atoms with Crippen molar-refractivity contribution in [2.75, 3.05) is 0 Å². The summed E-state index contributed by atoms with van der Waals surface area (Å²) in [5, 5.41) is 19.1. The number of benzene rings is 2. The quantitative estimate of drug-likeness (QED) is 0.356. The van der Waals surface area contributed by atoms with E-state index in [-0.39, 0.29) is 26.5 Å². The van der Waals surface area contributed by atoms with Gasteiger partial charge in [-0.3, -0.25) is 10.1 Å². The number of halogens is 2. The van der Waals surface area contributed by atoms with Crippen LogP contribution in [0.2, 0.25) is 10.0 Å². The second-order valence-electron chi connectivity index (χ2n) is 4.51. The molecule has 2 aromatic rings. The Morgan fingerprint density at radius 3 is 2.62 bits per heavy atom. The van der Waals surface area contributed by atoms with Gasteiger partial charge in [0, 0.05) is 11.8 Å². The fourth-order valence-corrected chi connectivity index (χ4v) is 2.73. The fraction of sp³-hybridized carbons (Fsp3) is 0.0667. The third-order valence-electron chi connectivity index (χ3n) is 2.88. The number of nitrogens with zero attached hydrogens (tertiary/aromatic N) is 3. The lowest BCUT2D eigenvalue weighted by Gasteiger charge is -2.01. The largest absolute Gasteiger partial charge is 0.377 e. The minimum Gasteiger partial charge on any atom is -0.377 e. The van der Waals surface area contributed by atoms with Crippen LogP contribution in [0.15, 0.2) is 52.7 Å². The highest BCUT2D eigenvalue weighted by atomic mass is 35.5. The van der Waals surface area contributed by atoms with Crippen molar-refractivity contribution >= 4 is 52.0 Å². The van der Waals surface area contributed by atoms with Crippen molar-refractivity contribution in [2.24, 2.45) is 15.9 Å². The van der Waals surface area contributed by atoms with E-state index < -0.39 is 4.92 Å². The van der Waals surface area contributed by atoms with E-state index >= 15 is 0 Å². The Hall–Kier alpha value is -2.09. The van der Waals surface area contributed by atoms with Crippen LogP contribution in [0, 0.1) is 10.1 Å². The van der Waals surface area contributed by atoms with Crippen LogP contribution >= 0.6 is 35.0 Å². The molecule has 0 bridgehead atoms. The molecular formula is C15H12Cl2N4O2S. The lowest BCUT2D eigenvalue weighted by Crippen LogP contribution is -2.06. The molecule has 0 saturated heterocycles. The molecule has 2 rings (SSSR count). The number of nitrogens with two attached hydrogens (primary N) is 1. The standard InChI is InChI=1S/C15H12Cl2N4O2S/c16-12-6-7-13(21(22)23)11(14(12)17)8-19-20-15(18)24-9-10-4-2-1-3-5-10/h1-8H,9H2,(H2,18,20). The Balaban J connectivity index is 2.10. The predicted octanol–water partition coefficient (Wildman–Crippen LogP) is 4.48. The van der Waals surface area contributed by atoms with Gasteiger partial charge in [0.2, 0.25) is 0 Å². The van der Waals surface area contributed by atoms with Gasteiger partial charge in [-0.05, 0) is 11.6 Å². The number of rotatable bonds is 5. The average molecular weight is 383 g/mol. The van der Waals surface area contributed by atoms with Crippen LogP contribution in [0.25, 0.3) is 0 Å². The van der Waals surface area contributed by atoms with E-state index in [1.54, 1.807) is 0 Å². The van der Waals surface area contributed by atoms with E-state index in [1.807, 2.05) is 30.3 Å². The molecule has 0 spiro atoms. The average Bonchev–Trinajstić information content (AvgIpc) is 2.57. The molecule has 124 valence electrons. The number of nitro benzene ring substituents is 1. The molecule has 0 aromatic heterocycles. The molecule has 0 fully saturated rings. The van der Waals surface area contributed by atoms with Crippen molar-refractivity contribution < 1.29 is 4.92 Å². The van der Waals surface area contributed by atoms with Gasteiger partial charge in [-0.2, -0.15) is 5.10 Å². The van der Waals surface area contributed by atoms with Gasteiger partial charge in [-0.1, -0.05) is 65.3 Å². The third kappa shape index (κ3) is 4.95. The summed E-state index contributed by atoms with van der Waals surface area (Å²) in [4.78, 5) is 10.5. The first-order valence-electron chi connectivity index (χ1n) is 6.64. The van der Waals surface area contributed by atoms with Crippen molar-refractivity contribution in [3.8, 4) is 0 Å². The number of thioether (sulfide) groups is 1. The summed E-state index contributed by atoms with van der Waals surface area (Å²) in [5.41, 5.74) is 6.73. The highest BCUT2D eigenvalue weighted by Crippen LogP contribution is 2.31. The normalized spacial score (nSPS) is 11.8. The summed E-state index contributed by atoms with van der Waals surface area (Å²) >= 11 is 13.2. The second-order valence-corrected chi connectivity index (χ2v) is 6.29. The van der Waals surface area contributed by atoms with Gasteiger partial charge < -0.3 is 5.73 Å². The van der Waals surface area contributed by atoms with Crippen molar-refractivity contribution in [3.05, 3.63) is 73.8 Å². The molecule has 6 nitrogen and oxygen atoms in total. The van der Waals surface area contributed by atoms with Crippen LogP contribution in [0.3, 0.4) is 0 Å². The molecule has 0 aliphatic carbocycles. The fourth-order valence-electron chi connectivity index (χ4n) is 1.74. The molecule has 0 aliphatic rings. The molecule has 2 aromatic carbocycles. The van der Waals surface area contributed by atoms with Crippen molar-refractivity contribution in [1.82, 2.24) is 0 Å². The van der Waals surface area contributed by atoms with E-state index in [0.29, 0.717) is 5.75 Å². The summed E-state index contributed by atoms with van der Waals surface area (Å²) in [7, 11) is 0. The summed E-state index contributed by atoms with van der Waals surface area (Å²) in [6.45, 7) is 0. The van der Waals surface area contributed by atoms with Gasteiger partial charge >= 0.3 is 0 Å². The zero-order valence-corrected chi connectivity index (χ0v) is 14.6. The SMILES string of the molecule is NC(=NN=Cc1c([N+](=O)[O-])ccc(Cl)c1Cl)SCc1ccccc1. The number of hydrogen-bond donors (Lipinski definition) is 1. The summed E-state index contributed by atoms with van der Waals surface area (Å²) < 4.78 is 0. The van der Waals surface area contributed by atoms with Gasteiger partial charge in [0.15, 0.2) is 5.17 Å². The smallest absolute Gasteiger partial charge is 0.279 e. The molecule has 0 atom stereocenters. The van der Waals surface area contributed by atoms with Crippen LogP contribution in [0.5, 0.6) is 0 Å². The molecule has 2 N–H and O–H groups in total. The number of hydrogen-bond acceptors (Lipinski definition) is 5. The topological polar surface area (TPSA) is 93.9 Å². The summed E-state index contributed by atoms with van der Waals surface area (Å²) in [6, 6.07) is 12.3. The van der Waals surface area contributed by atoms with E-state index in [0.717, 1.165) is 5.56 Å². The summed E-state index contributed by atoms with van der Waals surface area (Å²) in [5.74, 6) is 0.643. The molecule has 0 aliphatic heterocycles. The molecule has 0 amide bonds. The van der Waals surface area contributed by atoms with Crippen molar-refractivity contribution in [1.29, 1.82) is 0 Å². The number of amidine groups is 1. The highest BCUT2D eigenvalue weighted by molar-refractivity contribution is 8.13. The maximum absolute atomic E-state index is 11.0. The monoisotopic (exact) mass is 382 g/mol. The molecule has 0 saturated carbocycles. The van der Waals surface area contributed by atoms with Crippen LogP contribution in [0.1, 0.15) is 11.1 Å². The Kier molecular flexibility index (Phi) is 6.60. The molecule has 9 heteroatoms. The number of nitro groups is 1. The first-order valence-corrected chi connectivity index (χ1v) is 8.39. The minimum atomic E-state index is -0.569.